The predicted octanol–water partition coefficient (Wildman–Crippen LogP) is -0.156. The van der Waals surface area contributed by atoms with E-state index < -0.39 is 46.8 Å². The largest absolute Gasteiger partial charge is 0.477 e. The molecule has 19 nitrogen and oxygen atoms in total. The lowest BCUT2D eigenvalue weighted by atomic mass is 10.0. The van der Waals surface area contributed by atoms with Crippen LogP contribution in [-0.4, -0.2) is 97.9 Å². The van der Waals surface area contributed by atoms with Gasteiger partial charge in [0.1, 0.15) is 22.8 Å². The number of nitrogen functional groups attached to an aromatic ring is 1. The van der Waals surface area contributed by atoms with Gasteiger partial charge in [0, 0.05) is 30.0 Å². The molecule has 2 aliphatic heterocycles. The number of hydrogen-bond donors (Lipinski definition) is 6. The molecule has 47 heavy (non-hydrogen) atoms. The number of amides is 4. The van der Waals surface area contributed by atoms with E-state index in [1.807, 2.05) is 0 Å². The number of aryl methyl sites for hydroxylation is 1. The van der Waals surface area contributed by atoms with Gasteiger partial charge in [-0.05, 0) is 28.8 Å². The smallest absolute Gasteiger partial charge is 0.352 e. The first-order valence-electron chi connectivity index (χ1n) is 14.2. The van der Waals surface area contributed by atoms with E-state index in [2.05, 4.69) is 41.1 Å². The number of fused-ring (bicyclic) bond motifs is 1. The average Bonchev–Trinajstić information content (AvgIpc) is 3.80. The molecule has 3 aromatic rings. The molecule has 2 fully saturated rings. The summed E-state index contributed by atoms with van der Waals surface area (Å²) in [4.78, 5) is 78.6. The van der Waals surface area contributed by atoms with Crippen molar-refractivity contribution >= 4 is 75.4 Å². The number of aromatic amines is 1. The highest BCUT2D eigenvalue weighted by atomic mass is 32.2. The fraction of sp³-hybridized carbons (Fsp3) is 0.440. The van der Waals surface area contributed by atoms with E-state index in [-0.39, 0.29) is 45.7 Å². The molecule has 3 aromatic heterocycles. The number of thiazole rings is 1. The molecule has 1 unspecified atom stereocenters. The van der Waals surface area contributed by atoms with Crippen molar-refractivity contribution in [1.82, 2.24) is 45.4 Å². The summed E-state index contributed by atoms with van der Waals surface area (Å²) < 4.78 is 1.44. The number of aromatic nitrogens is 7. The Balaban J connectivity index is 1.24. The summed E-state index contributed by atoms with van der Waals surface area (Å²) in [5.41, 5.74) is 10.8. The number of thioether (sulfide) groups is 2. The van der Waals surface area contributed by atoms with Gasteiger partial charge in [-0.15, -0.1) is 28.2 Å². The van der Waals surface area contributed by atoms with Crippen LogP contribution in [0.15, 0.2) is 32.8 Å². The van der Waals surface area contributed by atoms with Gasteiger partial charge in [-0.1, -0.05) is 24.6 Å². The second kappa shape index (κ2) is 13.2. The Labute approximate surface area is 277 Å². The molecule has 248 valence electrons. The second-order valence-corrected chi connectivity index (χ2v) is 13.8. The first-order chi connectivity index (χ1) is 22.5. The fourth-order valence-electron chi connectivity index (χ4n) is 5.61. The van der Waals surface area contributed by atoms with Crippen molar-refractivity contribution in [2.24, 2.45) is 12.8 Å². The van der Waals surface area contributed by atoms with Crippen LogP contribution in [0.5, 0.6) is 0 Å². The number of β-lactam (4-membered cyclic amide) rings is 1. The van der Waals surface area contributed by atoms with Gasteiger partial charge in [0.2, 0.25) is 17.0 Å². The number of carboxylic acids is 1. The molecule has 4 amide bonds. The van der Waals surface area contributed by atoms with Gasteiger partial charge in [0.25, 0.3) is 11.5 Å². The minimum absolute atomic E-state index is 0.0000193. The van der Waals surface area contributed by atoms with Crippen molar-refractivity contribution in [3.8, 4) is 0 Å². The van der Waals surface area contributed by atoms with Crippen LogP contribution in [0.2, 0.25) is 0 Å². The van der Waals surface area contributed by atoms with Crippen molar-refractivity contribution in [3.63, 3.8) is 0 Å². The number of rotatable bonds is 11. The van der Waals surface area contributed by atoms with Gasteiger partial charge in [-0.25, -0.2) is 24.2 Å². The molecule has 6 rings (SSSR count). The number of aliphatic carboxylic acids is 1. The molecule has 0 spiro atoms. The summed E-state index contributed by atoms with van der Waals surface area (Å²) in [5, 5.41) is 28.2. The Morgan fingerprint density at radius 3 is 2.66 bits per heavy atom. The molecule has 1 aliphatic carbocycles. The molecular weight excluding hydrogens is 675 g/mol. The number of anilines is 3. The van der Waals surface area contributed by atoms with Crippen LogP contribution in [0.25, 0.3) is 0 Å². The molecule has 0 radical (unpaired) electrons. The fourth-order valence-corrected chi connectivity index (χ4v) is 8.53. The summed E-state index contributed by atoms with van der Waals surface area (Å²) >= 11 is 3.48. The Kier molecular flexibility index (Phi) is 9.05. The first-order valence-corrected chi connectivity index (χ1v) is 17.2. The van der Waals surface area contributed by atoms with Crippen molar-refractivity contribution in [3.05, 3.63) is 38.9 Å². The van der Waals surface area contributed by atoms with Crippen LogP contribution in [0.3, 0.4) is 0 Å². The van der Waals surface area contributed by atoms with Gasteiger partial charge < -0.3 is 27.2 Å². The van der Waals surface area contributed by atoms with Crippen molar-refractivity contribution in [2.45, 2.75) is 54.3 Å². The molecule has 0 bridgehead atoms. The zero-order chi connectivity index (χ0) is 33.4. The maximum Gasteiger partial charge on any atom is 0.352 e. The molecule has 3 aliphatic rings. The summed E-state index contributed by atoms with van der Waals surface area (Å²) in [7, 11) is 1.65. The maximum atomic E-state index is 13.9. The van der Waals surface area contributed by atoms with Crippen molar-refractivity contribution < 1.29 is 24.3 Å². The quantitative estimate of drug-likeness (QED) is 0.112. The van der Waals surface area contributed by atoms with Crippen LogP contribution in [0, 0.1) is 0 Å². The van der Waals surface area contributed by atoms with Crippen molar-refractivity contribution in [1.29, 1.82) is 0 Å². The normalized spacial score (nSPS) is 20.0. The molecular formula is C25H29N13O6S3. The van der Waals surface area contributed by atoms with E-state index in [0.29, 0.717) is 10.7 Å². The number of hydrogen-bond acceptors (Lipinski definition) is 15. The molecule has 1 saturated heterocycles. The van der Waals surface area contributed by atoms with Crippen LogP contribution >= 0.6 is 34.9 Å². The Morgan fingerprint density at radius 2 is 2.04 bits per heavy atom. The zero-order valence-electron chi connectivity index (χ0n) is 24.7. The molecule has 3 atom stereocenters. The minimum Gasteiger partial charge on any atom is -0.477 e. The summed E-state index contributed by atoms with van der Waals surface area (Å²) in [5.74, 6) is -2.18. The lowest BCUT2D eigenvalue weighted by molar-refractivity contribution is -0.150. The third kappa shape index (κ3) is 6.34. The van der Waals surface area contributed by atoms with Crippen molar-refractivity contribution in [2.75, 3.05) is 27.5 Å². The van der Waals surface area contributed by atoms with Gasteiger partial charge in [0.15, 0.2) is 11.2 Å². The number of nitrogens with two attached hydrogens (primary N) is 2. The molecule has 5 heterocycles. The number of urea groups is 1. The molecule has 0 aromatic carbocycles. The second-order valence-electron chi connectivity index (χ2n) is 10.8. The molecule has 1 saturated carbocycles. The number of H-pyrrole nitrogens is 1. The predicted molar refractivity (Wildman–Crippen MR) is 171 cm³/mol. The zero-order valence-corrected chi connectivity index (χ0v) is 27.1. The minimum atomic E-state index is -1.62. The van der Waals surface area contributed by atoms with Gasteiger partial charge in [-0.3, -0.25) is 29.2 Å². The number of carbonyl (C=O) groups is 4. The Hall–Kier alpha value is -4.70. The third-order valence-electron chi connectivity index (χ3n) is 7.80. The highest BCUT2D eigenvalue weighted by Gasteiger charge is 2.55. The number of primary amides is 1. The Bertz CT molecular complexity index is 1820. The van der Waals surface area contributed by atoms with E-state index in [1.165, 1.54) is 33.6 Å². The standard InChI is InChI=1S/C25H29N13O6S3/c1-36-25(33-34-35-36)47-8-10-7-45-20-14(19(41)38(20)15(10)21(42)43)31-18(40)16(12-9-46-22(26)30-12)37(23(27)44)13-6-28-24(32-17(13)39)29-11-4-2-3-5-11/h6,9,11,14,16,20H,2-5,7-8H2,1H3,(H2,26,30)(H2,27,44)(H,31,40)(H,42,43)(H2,28,29,32,39)/t14-,16?,20+/m1/s1. The molecule has 8 N–H and O–H groups in total. The van der Waals surface area contributed by atoms with E-state index in [1.54, 1.807) is 7.05 Å². The number of carbonyl (C=O) groups excluding carboxylic acids is 3. The van der Waals surface area contributed by atoms with Gasteiger partial charge in [-0.2, -0.15) is 0 Å². The summed E-state index contributed by atoms with van der Waals surface area (Å²) in [6.07, 6.45) is 5.09. The van der Waals surface area contributed by atoms with Gasteiger partial charge >= 0.3 is 12.0 Å². The van der Waals surface area contributed by atoms with E-state index in [9.17, 15) is 29.1 Å². The lowest BCUT2D eigenvalue weighted by Gasteiger charge is -2.49. The summed E-state index contributed by atoms with van der Waals surface area (Å²) in [6, 6.07) is -3.78. The van der Waals surface area contributed by atoms with E-state index >= 15 is 0 Å². The number of carboxylic acid groups (broad SMARTS) is 1. The topological polar surface area (TPSA) is 273 Å². The van der Waals surface area contributed by atoms with Gasteiger partial charge in [0.05, 0.1) is 11.9 Å². The Morgan fingerprint density at radius 1 is 1.28 bits per heavy atom. The van der Waals surface area contributed by atoms with Crippen LogP contribution < -0.4 is 32.6 Å². The monoisotopic (exact) mass is 703 g/mol. The number of nitrogens with one attached hydrogen (secondary N) is 3. The average molecular weight is 704 g/mol. The highest BCUT2D eigenvalue weighted by Crippen LogP contribution is 2.42. The lowest BCUT2D eigenvalue weighted by Crippen LogP contribution is -2.71. The molecule has 22 heteroatoms. The number of tetrazole rings is 1. The summed E-state index contributed by atoms with van der Waals surface area (Å²) in [6.45, 7) is 0. The van der Waals surface area contributed by atoms with E-state index in [4.69, 9.17) is 11.5 Å². The van der Waals surface area contributed by atoms with Crippen LogP contribution in [-0.2, 0) is 21.4 Å². The van der Waals surface area contributed by atoms with E-state index in [0.717, 1.165) is 53.0 Å². The van der Waals surface area contributed by atoms with Crippen LogP contribution in [0.4, 0.5) is 21.6 Å². The SMILES string of the molecule is Cn1nnnc1SCC1=C(C(=O)O)N2C(=O)[C@@H](NC(=O)C(c3csc(N)n3)N(C(N)=O)c3cnc(NC4CCCC4)[nH]c3=O)[C@@H]2SC1. The first kappa shape index (κ1) is 32.2. The third-order valence-corrected chi connectivity index (χ3v) is 10.9. The number of nitrogens with zero attached hydrogens (tertiary/aromatic N) is 8. The highest BCUT2D eigenvalue weighted by molar-refractivity contribution is 8.01. The van der Waals surface area contributed by atoms with Crippen LogP contribution in [0.1, 0.15) is 37.4 Å². The maximum absolute atomic E-state index is 13.9.